The summed E-state index contributed by atoms with van der Waals surface area (Å²) in [7, 11) is 0. The molecular weight excluding hydrogens is 260 g/mol. The molecule has 1 heterocycles. The van der Waals surface area contributed by atoms with Crippen molar-refractivity contribution in [2.75, 3.05) is 0 Å². The highest BCUT2D eigenvalue weighted by Gasteiger charge is 2.14. The minimum absolute atomic E-state index is 0.0433. The maximum Gasteiger partial charge on any atom is 0.336 e. The lowest BCUT2D eigenvalue weighted by Crippen LogP contribution is -2.06. The van der Waals surface area contributed by atoms with Gasteiger partial charge in [-0.25, -0.2) is 4.79 Å². The number of aromatic carboxylic acids is 1. The molecule has 1 aromatic carbocycles. The van der Waals surface area contributed by atoms with Crippen LogP contribution >= 0.6 is 11.6 Å². The fraction of sp³-hybridized carbons (Fsp3) is 0.0909. The van der Waals surface area contributed by atoms with E-state index < -0.39 is 5.97 Å². The van der Waals surface area contributed by atoms with E-state index in [0.717, 1.165) is 0 Å². The van der Waals surface area contributed by atoms with Crippen molar-refractivity contribution in [3.63, 3.8) is 0 Å². The minimum Gasteiger partial charge on any atom is -0.478 e. The first kappa shape index (κ1) is 12.3. The minimum atomic E-state index is -1.08. The third-order valence-electron chi connectivity index (χ3n) is 2.27. The lowest BCUT2D eigenvalue weighted by Gasteiger charge is -2.08. The first-order valence-electron chi connectivity index (χ1n) is 4.96. The number of hydrogen-bond donors (Lipinski definition) is 2. The molecule has 2 rings (SSSR count). The molecule has 2 aromatic rings. The number of carbonyl (C=O) groups is 1. The van der Waals surface area contributed by atoms with Crippen molar-refractivity contribution in [1.29, 1.82) is 0 Å². The van der Waals surface area contributed by atoms with Crippen molar-refractivity contribution >= 4 is 17.6 Å². The number of carboxylic acid groups (broad SMARTS) is 1. The Balaban J connectivity index is 2.20. The molecule has 0 saturated carbocycles. The monoisotopic (exact) mass is 268 g/mol. The topological polar surface area (TPSA) is 84.6 Å². The normalized spacial score (nSPS) is 10.3. The van der Waals surface area contributed by atoms with E-state index in [-0.39, 0.29) is 18.1 Å². The Morgan fingerprint density at radius 2 is 2.22 bits per heavy atom. The van der Waals surface area contributed by atoms with Gasteiger partial charge in [-0.15, -0.1) is 4.85 Å². The van der Waals surface area contributed by atoms with Gasteiger partial charge < -0.3 is 15.1 Å². The number of hydrogen-bond acceptors (Lipinski definition) is 4. The largest absolute Gasteiger partial charge is 0.478 e. The zero-order chi connectivity index (χ0) is 13.1. The van der Waals surface area contributed by atoms with Crippen molar-refractivity contribution in [3.8, 4) is 5.88 Å². The third-order valence-corrected chi connectivity index (χ3v) is 2.62. The summed E-state index contributed by atoms with van der Waals surface area (Å²) in [6.45, 7) is -0.0433. The summed E-state index contributed by atoms with van der Waals surface area (Å²) in [4.78, 5) is 11.6. The van der Waals surface area contributed by atoms with Gasteiger partial charge in [0.1, 0.15) is 6.61 Å². The highest BCUT2D eigenvalue weighted by atomic mass is 35.5. The van der Waals surface area contributed by atoms with Crippen LogP contribution in [0.1, 0.15) is 15.9 Å². The summed E-state index contributed by atoms with van der Waals surface area (Å²) in [5, 5.41) is 21.9. The average Bonchev–Trinajstić information content (AvgIpc) is 2.73. The van der Waals surface area contributed by atoms with Gasteiger partial charge in [-0.2, -0.15) is 0 Å². The molecule has 2 N–H and O–H groups in total. The summed E-state index contributed by atoms with van der Waals surface area (Å²) in [6.07, 6.45) is 1.29. The van der Waals surface area contributed by atoms with Crippen LogP contribution in [0.5, 0.6) is 5.88 Å². The van der Waals surface area contributed by atoms with Crippen LogP contribution in [0.15, 0.2) is 30.5 Å². The fourth-order valence-corrected chi connectivity index (χ4v) is 1.66. The first-order valence-corrected chi connectivity index (χ1v) is 5.34. The predicted octanol–water partition coefficient (Wildman–Crippen LogP) is 2.05. The van der Waals surface area contributed by atoms with Crippen LogP contribution in [0, 0.1) is 0 Å². The highest BCUT2D eigenvalue weighted by Crippen LogP contribution is 2.22. The van der Waals surface area contributed by atoms with Gasteiger partial charge in [-0.05, 0) is 12.1 Å². The molecule has 94 valence electrons. The van der Waals surface area contributed by atoms with Crippen molar-refractivity contribution < 1.29 is 19.8 Å². The van der Waals surface area contributed by atoms with E-state index in [1.54, 1.807) is 12.1 Å². The molecule has 0 fully saturated rings. The van der Waals surface area contributed by atoms with Crippen LogP contribution in [-0.4, -0.2) is 26.2 Å². The van der Waals surface area contributed by atoms with Crippen LogP contribution in [0.4, 0.5) is 0 Å². The smallest absolute Gasteiger partial charge is 0.336 e. The Labute approximate surface area is 107 Å². The lowest BCUT2D eigenvalue weighted by molar-refractivity contribution is 0.0693. The van der Waals surface area contributed by atoms with E-state index in [4.69, 9.17) is 26.7 Å². The maximum atomic E-state index is 11.0. The second-order valence-electron chi connectivity index (χ2n) is 3.43. The first-order chi connectivity index (χ1) is 8.58. The average molecular weight is 269 g/mol. The van der Waals surface area contributed by atoms with Gasteiger partial charge in [-0.3, -0.25) is 0 Å². The van der Waals surface area contributed by atoms with Gasteiger partial charge >= 0.3 is 5.97 Å². The summed E-state index contributed by atoms with van der Waals surface area (Å²) >= 11 is 5.93. The molecule has 0 spiro atoms. The SMILES string of the molecule is O=C(O)c1cccc(Cl)c1COc1ccn(O)n1. The quantitative estimate of drug-likeness (QED) is 0.829. The number of aromatic nitrogens is 2. The van der Waals surface area contributed by atoms with E-state index in [0.29, 0.717) is 15.4 Å². The number of rotatable bonds is 4. The second-order valence-corrected chi connectivity index (χ2v) is 3.84. The van der Waals surface area contributed by atoms with Gasteiger partial charge in [0.25, 0.3) is 0 Å². The molecule has 0 unspecified atom stereocenters. The van der Waals surface area contributed by atoms with Crippen molar-refractivity contribution in [3.05, 3.63) is 46.6 Å². The van der Waals surface area contributed by atoms with Crippen molar-refractivity contribution in [1.82, 2.24) is 9.94 Å². The number of carboxylic acids is 1. The lowest BCUT2D eigenvalue weighted by atomic mass is 10.1. The number of ether oxygens (including phenoxy) is 1. The molecular formula is C11H9ClN2O4. The molecule has 0 aliphatic heterocycles. The molecule has 0 radical (unpaired) electrons. The zero-order valence-electron chi connectivity index (χ0n) is 9.08. The molecule has 0 atom stereocenters. The summed E-state index contributed by atoms with van der Waals surface area (Å²) in [6, 6.07) is 6.02. The maximum absolute atomic E-state index is 11.0. The van der Waals surface area contributed by atoms with Gasteiger partial charge in [0.15, 0.2) is 0 Å². The summed E-state index contributed by atoms with van der Waals surface area (Å²) in [5.74, 6) is -0.905. The number of benzene rings is 1. The molecule has 0 bridgehead atoms. The number of halogens is 1. The van der Waals surface area contributed by atoms with Crippen LogP contribution < -0.4 is 4.74 Å². The van der Waals surface area contributed by atoms with E-state index in [1.807, 2.05) is 0 Å². The summed E-state index contributed by atoms with van der Waals surface area (Å²) in [5.41, 5.74) is 0.435. The Bertz CT molecular complexity index is 582. The van der Waals surface area contributed by atoms with Crippen LogP contribution in [-0.2, 0) is 6.61 Å². The number of nitrogens with zero attached hydrogens (tertiary/aromatic N) is 2. The van der Waals surface area contributed by atoms with Gasteiger partial charge in [0.2, 0.25) is 5.88 Å². The molecule has 0 aliphatic rings. The fourth-order valence-electron chi connectivity index (χ4n) is 1.43. The molecule has 18 heavy (non-hydrogen) atoms. The Morgan fingerprint density at radius 1 is 1.44 bits per heavy atom. The Hall–Kier alpha value is -2.21. The predicted molar refractivity (Wildman–Crippen MR) is 62.2 cm³/mol. The van der Waals surface area contributed by atoms with Crippen LogP contribution in [0.2, 0.25) is 5.02 Å². The van der Waals surface area contributed by atoms with E-state index in [1.165, 1.54) is 18.3 Å². The third kappa shape index (κ3) is 2.54. The zero-order valence-corrected chi connectivity index (χ0v) is 9.83. The second kappa shape index (κ2) is 4.97. The van der Waals surface area contributed by atoms with Gasteiger partial charge in [0.05, 0.1) is 11.8 Å². The van der Waals surface area contributed by atoms with Gasteiger partial charge in [0, 0.05) is 16.7 Å². The molecule has 6 nitrogen and oxygen atoms in total. The van der Waals surface area contributed by atoms with Crippen LogP contribution in [0.3, 0.4) is 0 Å². The standard InChI is InChI=1S/C11H9ClN2O4/c12-9-3-1-2-7(11(15)16)8(9)6-18-10-4-5-14(17)13-10/h1-5,17H,6H2,(H,15,16). The molecule has 1 aromatic heterocycles. The van der Waals surface area contributed by atoms with E-state index >= 15 is 0 Å². The highest BCUT2D eigenvalue weighted by molar-refractivity contribution is 6.31. The molecule has 0 saturated heterocycles. The molecule has 0 aliphatic carbocycles. The Morgan fingerprint density at radius 3 is 2.83 bits per heavy atom. The summed E-state index contributed by atoms with van der Waals surface area (Å²) < 4.78 is 5.24. The van der Waals surface area contributed by atoms with Gasteiger partial charge in [-0.1, -0.05) is 22.8 Å². The molecule has 7 heteroatoms. The molecule has 0 amide bonds. The van der Waals surface area contributed by atoms with Crippen LogP contribution in [0.25, 0.3) is 0 Å². The van der Waals surface area contributed by atoms with Crippen molar-refractivity contribution in [2.45, 2.75) is 6.61 Å². The van der Waals surface area contributed by atoms with E-state index in [9.17, 15) is 4.79 Å². The Kier molecular flexibility index (Phi) is 3.38. The van der Waals surface area contributed by atoms with Crippen molar-refractivity contribution in [2.24, 2.45) is 0 Å². The van der Waals surface area contributed by atoms with E-state index in [2.05, 4.69) is 5.10 Å².